The maximum atomic E-state index is 13.0. The number of nitrogens with one attached hydrogen (secondary N) is 1. The van der Waals surface area contributed by atoms with E-state index in [1.54, 1.807) is 24.3 Å². The van der Waals surface area contributed by atoms with Crippen molar-refractivity contribution in [3.8, 4) is 11.1 Å². The Bertz CT molecular complexity index is 1150. The number of hydrogen-bond donors (Lipinski definition) is 1. The Morgan fingerprint density at radius 2 is 1.66 bits per heavy atom. The van der Waals surface area contributed by atoms with Crippen LogP contribution in [0.5, 0.6) is 0 Å². The van der Waals surface area contributed by atoms with E-state index in [1.165, 1.54) is 4.57 Å². The van der Waals surface area contributed by atoms with E-state index in [0.717, 1.165) is 11.1 Å². The number of hydrogen-bond acceptors (Lipinski definition) is 3. The Morgan fingerprint density at radius 3 is 2.45 bits per heavy atom. The third-order valence-corrected chi connectivity index (χ3v) is 5.10. The van der Waals surface area contributed by atoms with E-state index in [4.69, 9.17) is 0 Å². The van der Waals surface area contributed by atoms with Crippen LogP contribution >= 0.6 is 11.8 Å². The molecule has 29 heavy (non-hydrogen) atoms. The van der Waals surface area contributed by atoms with Crippen LogP contribution in [0.15, 0.2) is 84.0 Å². The summed E-state index contributed by atoms with van der Waals surface area (Å²) in [5.41, 5.74) is 3.75. The highest BCUT2D eigenvalue weighted by Crippen LogP contribution is 2.30. The summed E-state index contributed by atoms with van der Waals surface area (Å²) in [7, 11) is 0. The van der Waals surface area contributed by atoms with E-state index in [2.05, 4.69) is 10.3 Å². The summed E-state index contributed by atoms with van der Waals surface area (Å²) in [5.74, 6) is -2.93. The summed E-state index contributed by atoms with van der Waals surface area (Å²) < 4.78 is 27.4. The summed E-state index contributed by atoms with van der Waals surface area (Å²) >= 11 is 0.338. The maximum absolute atomic E-state index is 13.0. The molecule has 0 saturated heterocycles. The molecule has 1 heterocycles. The minimum Gasteiger partial charge on any atom is -0.324 e. The van der Waals surface area contributed by atoms with Crippen LogP contribution in [0.2, 0.25) is 0 Å². The van der Waals surface area contributed by atoms with E-state index >= 15 is 0 Å². The maximum Gasteiger partial charge on any atom is 0.291 e. The van der Waals surface area contributed by atoms with Crippen molar-refractivity contribution in [3.63, 3.8) is 0 Å². The fourth-order valence-corrected chi connectivity index (χ4v) is 3.77. The average molecular weight is 409 g/mol. The van der Waals surface area contributed by atoms with Gasteiger partial charge in [0.1, 0.15) is 6.54 Å². The molecule has 0 bridgehead atoms. The average Bonchev–Trinajstić information content (AvgIpc) is 3.05. The Kier molecular flexibility index (Phi) is 5.57. The smallest absolute Gasteiger partial charge is 0.291 e. The van der Waals surface area contributed by atoms with E-state index in [1.807, 2.05) is 54.6 Å². The van der Waals surface area contributed by atoms with Crippen molar-refractivity contribution in [2.24, 2.45) is 0 Å². The number of benzene rings is 3. The summed E-state index contributed by atoms with van der Waals surface area (Å²) in [6.45, 7) is -0.112. The first-order valence-electron chi connectivity index (χ1n) is 8.96. The highest BCUT2D eigenvalue weighted by atomic mass is 32.2. The third-order valence-electron chi connectivity index (χ3n) is 4.40. The SMILES string of the molecule is O=C(Cn1c(SC(F)F)nc2ccccc21)Nc1ccccc1-c1ccccc1. The second kappa shape index (κ2) is 8.45. The van der Waals surface area contributed by atoms with Crippen molar-refractivity contribution in [2.75, 3.05) is 5.32 Å². The van der Waals surface area contributed by atoms with Crippen LogP contribution in [0, 0.1) is 0 Å². The predicted octanol–water partition coefficient (Wildman–Crippen LogP) is 5.66. The largest absolute Gasteiger partial charge is 0.324 e. The molecule has 4 rings (SSSR count). The van der Waals surface area contributed by atoms with Crippen molar-refractivity contribution in [1.82, 2.24) is 9.55 Å². The number of thioether (sulfide) groups is 1. The van der Waals surface area contributed by atoms with Crippen LogP contribution in [0.4, 0.5) is 14.5 Å². The monoisotopic (exact) mass is 409 g/mol. The van der Waals surface area contributed by atoms with Crippen LogP contribution < -0.4 is 5.32 Å². The second-order valence-electron chi connectivity index (χ2n) is 6.31. The molecule has 0 aliphatic heterocycles. The van der Waals surface area contributed by atoms with Gasteiger partial charge >= 0.3 is 0 Å². The molecule has 1 amide bonds. The highest BCUT2D eigenvalue weighted by molar-refractivity contribution is 7.99. The number of imidazole rings is 1. The minimum absolute atomic E-state index is 0.112. The van der Waals surface area contributed by atoms with Crippen molar-refractivity contribution in [3.05, 3.63) is 78.9 Å². The van der Waals surface area contributed by atoms with Gasteiger partial charge in [0.15, 0.2) is 5.16 Å². The Balaban J connectivity index is 1.62. The van der Waals surface area contributed by atoms with Crippen molar-refractivity contribution in [2.45, 2.75) is 17.5 Å². The number of fused-ring (bicyclic) bond motifs is 1. The van der Waals surface area contributed by atoms with Gasteiger partial charge in [0, 0.05) is 11.3 Å². The summed E-state index contributed by atoms with van der Waals surface area (Å²) in [5, 5.41) is 3.03. The first-order chi connectivity index (χ1) is 14.1. The molecule has 0 aliphatic rings. The molecule has 7 heteroatoms. The van der Waals surface area contributed by atoms with Gasteiger partial charge < -0.3 is 9.88 Å². The van der Waals surface area contributed by atoms with E-state index < -0.39 is 5.76 Å². The topological polar surface area (TPSA) is 46.9 Å². The second-order valence-corrected chi connectivity index (χ2v) is 7.26. The van der Waals surface area contributed by atoms with Crippen LogP contribution in [0.25, 0.3) is 22.2 Å². The van der Waals surface area contributed by atoms with E-state index in [-0.39, 0.29) is 17.6 Å². The van der Waals surface area contributed by atoms with Crippen LogP contribution in [0.1, 0.15) is 0 Å². The number of carbonyl (C=O) groups excluding carboxylic acids is 1. The molecule has 0 fully saturated rings. The number of rotatable bonds is 6. The van der Waals surface area contributed by atoms with Crippen molar-refractivity contribution in [1.29, 1.82) is 0 Å². The Hall–Kier alpha value is -3.19. The zero-order valence-electron chi connectivity index (χ0n) is 15.3. The third kappa shape index (κ3) is 4.30. The zero-order chi connectivity index (χ0) is 20.2. The molecule has 0 atom stereocenters. The molecule has 0 radical (unpaired) electrons. The van der Waals surface area contributed by atoms with Gasteiger partial charge in [0.2, 0.25) is 5.91 Å². The number of aromatic nitrogens is 2. The van der Waals surface area contributed by atoms with Gasteiger partial charge in [-0.2, -0.15) is 8.78 Å². The molecule has 1 N–H and O–H groups in total. The van der Waals surface area contributed by atoms with Crippen LogP contribution in [-0.2, 0) is 11.3 Å². The van der Waals surface area contributed by atoms with Crippen molar-refractivity contribution >= 4 is 34.4 Å². The normalized spacial score (nSPS) is 11.1. The van der Waals surface area contributed by atoms with Crippen molar-refractivity contribution < 1.29 is 13.6 Å². The lowest BCUT2D eigenvalue weighted by atomic mass is 10.0. The predicted molar refractivity (Wildman–Crippen MR) is 112 cm³/mol. The highest BCUT2D eigenvalue weighted by Gasteiger charge is 2.18. The van der Waals surface area contributed by atoms with Gasteiger partial charge in [0.25, 0.3) is 5.76 Å². The van der Waals surface area contributed by atoms with E-state index in [0.29, 0.717) is 28.5 Å². The molecule has 0 spiro atoms. The molecule has 4 nitrogen and oxygen atoms in total. The molecule has 146 valence electrons. The fraction of sp³-hybridized carbons (Fsp3) is 0.0909. The van der Waals surface area contributed by atoms with Crippen LogP contribution in [-0.4, -0.2) is 21.2 Å². The van der Waals surface area contributed by atoms with Crippen LogP contribution in [0.3, 0.4) is 0 Å². The molecule has 0 aliphatic carbocycles. The van der Waals surface area contributed by atoms with Gasteiger partial charge in [-0.25, -0.2) is 4.98 Å². The Morgan fingerprint density at radius 1 is 0.966 bits per heavy atom. The van der Waals surface area contributed by atoms with E-state index in [9.17, 15) is 13.6 Å². The number of halogens is 2. The summed E-state index contributed by atoms with van der Waals surface area (Å²) in [6.07, 6.45) is 0. The van der Waals surface area contributed by atoms with Gasteiger partial charge in [0.05, 0.1) is 11.0 Å². The molecular formula is C22H17F2N3OS. The summed E-state index contributed by atoms with van der Waals surface area (Å²) in [4.78, 5) is 17.0. The molecule has 3 aromatic carbocycles. The number of para-hydroxylation sites is 3. The molecule has 0 unspecified atom stereocenters. The minimum atomic E-state index is -2.62. The number of nitrogens with zero attached hydrogens (tertiary/aromatic N) is 2. The standard InChI is InChI=1S/C22H17F2N3OS/c23-21(24)29-22-26-18-12-6-7-13-19(18)27(22)14-20(28)25-17-11-5-4-10-16(17)15-8-2-1-3-9-15/h1-13,21H,14H2,(H,25,28). The number of alkyl halides is 2. The molecule has 1 aromatic heterocycles. The summed E-state index contributed by atoms with van der Waals surface area (Å²) in [6, 6.07) is 24.3. The fourth-order valence-electron chi connectivity index (χ4n) is 3.17. The zero-order valence-corrected chi connectivity index (χ0v) is 16.1. The molecule has 0 saturated carbocycles. The lowest BCUT2D eigenvalue weighted by Crippen LogP contribution is -2.19. The lowest BCUT2D eigenvalue weighted by Gasteiger charge is -2.13. The van der Waals surface area contributed by atoms with Gasteiger partial charge in [-0.15, -0.1) is 0 Å². The number of amides is 1. The van der Waals surface area contributed by atoms with Gasteiger partial charge in [-0.3, -0.25) is 4.79 Å². The number of carbonyl (C=O) groups is 1. The Labute approximate surface area is 170 Å². The quantitative estimate of drug-likeness (QED) is 0.418. The molecular weight excluding hydrogens is 392 g/mol. The first kappa shape index (κ1) is 19.1. The lowest BCUT2D eigenvalue weighted by molar-refractivity contribution is -0.116. The first-order valence-corrected chi connectivity index (χ1v) is 9.84. The van der Waals surface area contributed by atoms with Gasteiger partial charge in [-0.05, 0) is 35.5 Å². The van der Waals surface area contributed by atoms with Gasteiger partial charge in [-0.1, -0.05) is 60.7 Å². The number of anilines is 1. The molecule has 4 aromatic rings.